The number of benzene rings is 1. The number of halogens is 2. The molecule has 0 spiro atoms. The normalized spacial score (nSPS) is 21.5. The average Bonchev–Trinajstić information content (AvgIpc) is 2.45. The van der Waals surface area contributed by atoms with E-state index in [1.807, 2.05) is 12.1 Å². The fourth-order valence-electron chi connectivity index (χ4n) is 2.84. The molecule has 0 bridgehead atoms. The summed E-state index contributed by atoms with van der Waals surface area (Å²) in [5.41, 5.74) is 7.15. The highest BCUT2D eigenvalue weighted by molar-refractivity contribution is 5.27. The van der Waals surface area contributed by atoms with Crippen molar-refractivity contribution < 1.29 is 13.5 Å². The van der Waals surface area contributed by atoms with Gasteiger partial charge in [-0.05, 0) is 56.8 Å². The fourth-order valence-corrected chi connectivity index (χ4v) is 2.84. The highest BCUT2D eigenvalue weighted by Gasteiger charge is 2.20. The SMILES string of the molecule is CC(CCc1ccc(OC(F)F)cc1)N1CCCC(N)C1. The molecule has 21 heavy (non-hydrogen) atoms. The maximum atomic E-state index is 12.1. The van der Waals surface area contributed by atoms with Gasteiger partial charge in [0.05, 0.1) is 0 Å². The Kier molecular flexibility index (Phi) is 5.94. The third kappa shape index (κ3) is 5.25. The molecule has 0 aromatic heterocycles. The van der Waals surface area contributed by atoms with Crippen LogP contribution >= 0.6 is 0 Å². The van der Waals surface area contributed by atoms with Crippen molar-refractivity contribution in [2.75, 3.05) is 13.1 Å². The fraction of sp³-hybridized carbons (Fsp3) is 0.625. The van der Waals surface area contributed by atoms with E-state index in [1.54, 1.807) is 12.1 Å². The molecule has 0 saturated carbocycles. The Morgan fingerprint density at radius 1 is 1.33 bits per heavy atom. The molecule has 2 rings (SSSR count). The van der Waals surface area contributed by atoms with Gasteiger partial charge in [-0.2, -0.15) is 8.78 Å². The number of piperidine rings is 1. The molecule has 1 aromatic carbocycles. The minimum atomic E-state index is -2.76. The zero-order valence-corrected chi connectivity index (χ0v) is 12.5. The van der Waals surface area contributed by atoms with Crippen molar-refractivity contribution in [3.05, 3.63) is 29.8 Å². The molecule has 2 atom stereocenters. The molecule has 5 heteroatoms. The van der Waals surface area contributed by atoms with Gasteiger partial charge in [-0.15, -0.1) is 0 Å². The van der Waals surface area contributed by atoms with Crippen LogP contribution in [-0.2, 0) is 6.42 Å². The number of hydrogen-bond donors (Lipinski definition) is 1. The zero-order chi connectivity index (χ0) is 15.2. The van der Waals surface area contributed by atoms with Gasteiger partial charge < -0.3 is 10.5 Å². The first kappa shape index (κ1) is 16.2. The van der Waals surface area contributed by atoms with Crippen LogP contribution in [0.3, 0.4) is 0 Å². The lowest BCUT2D eigenvalue weighted by Crippen LogP contribution is -2.46. The molecule has 2 unspecified atom stereocenters. The molecular weight excluding hydrogens is 274 g/mol. The molecule has 0 radical (unpaired) electrons. The van der Waals surface area contributed by atoms with Gasteiger partial charge >= 0.3 is 6.61 Å². The molecule has 0 aliphatic carbocycles. The number of aryl methyl sites for hydroxylation is 1. The summed E-state index contributed by atoms with van der Waals surface area (Å²) < 4.78 is 28.5. The lowest BCUT2D eigenvalue weighted by atomic mass is 10.0. The van der Waals surface area contributed by atoms with E-state index in [1.165, 1.54) is 6.42 Å². The Labute approximate surface area is 125 Å². The number of nitrogens with zero attached hydrogens (tertiary/aromatic N) is 1. The van der Waals surface area contributed by atoms with Gasteiger partial charge in [-0.3, -0.25) is 4.90 Å². The number of nitrogens with two attached hydrogens (primary N) is 1. The Morgan fingerprint density at radius 2 is 2.05 bits per heavy atom. The van der Waals surface area contributed by atoms with Gasteiger partial charge in [0.1, 0.15) is 5.75 Å². The smallest absolute Gasteiger partial charge is 0.387 e. The van der Waals surface area contributed by atoms with Crippen molar-refractivity contribution in [1.29, 1.82) is 0 Å². The Balaban J connectivity index is 1.79. The van der Waals surface area contributed by atoms with E-state index < -0.39 is 6.61 Å². The summed E-state index contributed by atoms with van der Waals surface area (Å²) in [5, 5.41) is 0. The highest BCUT2D eigenvalue weighted by Crippen LogP contribution is 2.18. The summed E-state index contributed by atoms with van der Waals surface area (Å²) in [6.07, 6.45) is 4.27. The Bertz CT molecular complexity index is 425. The maximum absolute atomic E-state index is 12.1. The van der Waals surface area contributed by atoms with Crippen molar-refractivity contribution in [3.63, 3.8) is 0 Å². The minimum Gasteiger partial charge on any atom is -0.435 e. The zero-order valence-electron chi connectivity index (χ0n) is 12.5. The number of likely N-dealkylation sites (tertiary alicyclic amines) is 1. The largest absolute Gasteiger partial charge is 0.435 e. The summed E-state index contributed by atoms with van der Waals surface area (Å²) in [4.78, 5) is 2.45. The predicted molar refractivity (Wildman–Crippen MR) is 79.6 cm³/mol. The summed E-state index contributed by atoms with van der Waals surface area (Å²) in [6.45, 7) is 1.56. The minimum absolute atomic E-state index is 0.212. The topological polar surface area (TPSA) is 38.5 Å². The number of hydrogen-bond acceptors (Lipinski definition) is 3. The van der Waals surface area contributed by atoms with Crippen molar-refractivity contribution in [3.8, 4) is 5.75 Å². The highest BCUT2D eigenvalue weighted by atomic mass is 19.3. The maximum Gasteiger partial charge on any atom is 0.387 e. The van der Waals surface area contributed by atoms with Crippen molar-refractivity contribution in [2.24, 2.45) is 5.73 Å². The van der Waals surface area contributed by atoms with Gasteiger partial charge in [-0.25, -0.2) is 0 Å². The molecule has 1 saturated heterocycles. The van der Waals surface area contributed by atoms with Crippen molar-refractivity contribution >= 4 is 0 Å². The number of rotatable bonds is 6. The van der Waals surface area contributed by atoms with E-state index in [9.17, 15) is 8.78 Å². The Hall–Kier alpha value is -1.20. The van der Waals surface area contributed by atoms with Gasteiger partial charge in [0, 0.05) is 18.6 Å². The van der Waals surface area contributed by atoms with Crippen LogP contribution in [0.4, 0.5) is 8.78 Å². The second kappa shape index (κ2) is 7.71. The second-order valence-electron chi connectivity index (χ2n) is 5.81. The third-order valence-electron chi connectivity index (χ3n) is 4.11. The van der Waals surface area contributed by atoms with Crippen LogP contribution in [0.1, 0.15) is 31.7 Å². The van der Waals surface area contributed by atoms with Crippen LogP contribution in [0.15, 0.2) is 24.3 Å². The van der Waals surface area contributed by atoms with E-state index in [0.717, 1.165) is 37.9 Å². The summed E-state index contributed by atoms with van der Waals surface area (Å²) in [6, 6.07) is 7.70. The quantitative estimate of drug-likeness (QED) is 0.877. The molecule has 1 fully saturated rings. The van der Waals surface area contributed by atoms with E-state index in [0.29, 0.717) is 12.1 Å². The van der Waals surface area contributed by atoms with Crippen LogP contribution in [-0.4, -0.2) is 36.7 Å². The van der Waals surface area contributed by atoms with Crippen molar-refractivity contribution in [2.45, 2.75) is 51.3 Å². The predicted octanol–water partition coefficient (Wildman–Crippen LogP) is 3.03. The van der Waals surface area contributed by atoms with Crippen LogP contribution in [0.25, 0.3) is 0 Å². The number of alkyl halides is 2. The van der Waals surface area contributed by atoms with Crippen molar-refractivity contribution in [1.82, 2.24) is 4.90 Å². The summed E-state index contributed by atoms with van der Waals surface area (Å²) in [7, 11) is 0. The lowest BCUT2D eigenvalue weighted by Gasteiger charge is -2.35. The van der Waals surface area contributed by atoms with Gasteiger partial charge in [0.15, 0.2) is 0 Å². The van der Waals surface area contributed by atoms with Crippen LogP contribution in [0, 0.1) is 0 Å². The van der Waals surface area contributed by atoms with E-state index in [-0.39, 0.29) is 5.75 Å². The summed E-state index contributed by atoms with van der Waals surface area (Å²) >= 11 is 0. The van der Waals surface area contributed by atoms with Crippen LogP contribution in [0.5, 0.6) is 5.75 Å². The molecule has 0 amide bonds. The molecule has 118 valence electrons. The van der Waals surface area contributed by atoms with Crippen LogP contribution < -0.4 is 10.5 Å². The Morgan fingerprint density at radius 3 is 2.67 bits per heavy atom. The first-order valence-corrected chi connectivity index (χ1v) is 7.58. The standard InChI is InChI=1S/C16H24F2N2O/c1-12(20-10-2-3-14(19)11-20)4-5-13-6-8-15(9-7-13)21-16(17)18/h6-9,12,14,16H,2-5,10-11,19H2,1H3. The van der Waals surface area contributed by atoms with Gasteiger partial charge in [0.2, 0.25) is 0 Å². The van der Waals surface area contributed by atoms with E-state index in [4.69, 9.17) is 5.73 Å². The molecular formula is C16H24F2N2O. The van der Waals surface area contributed by atoms with Gasteiger partial charge in [0.25, 0.3) is 0 Å². The third-order valence-corrected chi connectivity index (χ3v) is 4.11. The monoisotopic (exact) mass is 298 g/mol. The van der Waals surface area contributed by atoms with E-state index >= 15 is 0 Å². The molecule has 1 aromatic rings. The average molecular weight is 298 g/mol. The summed E-state index contributed by atoms with van der Waals surface area (Å²) in [5.74, 6) is 0.212. The lowest BCUT2D eigenvalue weighted by molar-refractivity contribution is -0.0498. The molecule has 2 N–H and O–H groups in total. The van der Waals surface area contributed by atoms with E-state index in [2.05, 4.69) is 16.6 Å². The number of ether oxygens (including phenoxy) is 1. The second-order valence-corrected chi connectivity index (χ2v) is 5.81. The molecule has 1 aliphatic heterocycles. The molecule has 1 aliphatic rings. The van der Waals surface area contributed by atoms with Crippen LogP contribution in [0.2, 0.25) is 0 Å². The van der Waals surface area contributed by atoms with Gasteiger partial charge in [-0.1, -0.05) is 12.1 Å². The molecule has 3 nitrogen and oxygen atoms in total. The first-order valence-electron chi connectivity index (χ1n) is 7.58. The first-order chi connectivity index (χ1) is 10.0. The molecule has 1 heterocycles.